The lowest BCUT2D eigenvalue weighted by molar-refractivity contribution is -0.123. The number of esters is 1. The second-order valence-corrected chi connectivity index (χ2v) is 7.78. The van der Waals surface area contributed by atoms with Crippen molar-refractivity contribution in [3.05, 3.63) is 52.2 Å². The largest absolute Gasteiger partial charge is 0.449 e. The van der Waals surface area contributed by atoms with Crippen LogP contribution in [0.25, 0.3) is 10.9 Å². The normalized spacial score (nSPS) is 14.8. The molecule has 0 saturated carbocycles. The quantitative estimate of drug-likeness (QED) is 0.611. The number of amides is 1. The Hall–Kier alpha value is -3.49. The van der Waals surface area contributed by atoms with E-state index in [1.54, 1.807) is 33.6 Å². The number of nitrogens with one attached hydrogen (secondary N) is 1. The van der Waals surface area contributed by atoms with E-state index < -0.39 is 18.0 Å². The van der Waals surface area contributed by atoms with Gasteiger partial charge < -0.3 is 10.1 Å². The van der Waals surface area contributed by atoms with Crippen molar-refractivity contribution in [2.45, 2.75) is 58.7 Å². The summed E-state index contributed by atoms with van der Waals surface area (Å²) in [5.41, 5.74) is 0.608. The van der Waals surface area contributed by atoms with Crippen LogP contribution in [-0.2, 0) is 22.5 Å². The van der Waals surface area contributed by atoms with Crippen LogP contribution in [0.4, 0.5) is 5.82 Å². The highest BCUT2D eigenvalue weighted by Crippen LogP contribution is 2.19. The van der Waals surface area contributed by atoms with Gasteiger partial charge in [0.25, 0.3) is 11.5 Å². The lowest BCUT2D eigenvalue weighted by Gasteiger charge is -2.17. The minimum absolute atomic E-state index is 0.0944. The van der Waals surface area contributed by atoms with Crippen LogP contribution in [0.1, 0.15) is 55.8 Å². The summed E-state index contributed by atoms with van der Waals surface area (Å²) in [6.45, 7) is 6.21. The fourth-order valence-corrected chi connectivity index (χ4v) is 3.66. The minimum Gasteiger partial charge on any atom is -0.449 e. The number of benzene rings is 1. The summed E-state index contributed by atoms with van der Waals surface area (Å²) in [5.74, 6) is 0.177. The molecule has 1 aliphatic heterocycles. The van der Waals surface area contributed by atoms with E-state index in [0.29, 0.717) is 23.3 Å². The highest BCUT2D eigenvalue weighted by atomic mass is 16.5. The van der Waals surface area contributed by atoms with Crippen LogP contribution in [0.3, 0.4) is 0 Å². The standard InChI is InChI=1S/C22H25N5O4/c1-4-13(2)27-19(9-10-23-27)25-20(28)14(3)31-22(30)15-7-8-16-17(12-15)24-18-6-5-11-26(18)21(16)29/h7-10,12-14H,4-6,11H2,1-3H3,(H,25,28)/t13-,14-/m1/s1. The van der Waals surface area contributed by atoms with E-state index in [4.69, 9.17) is 4.74 Å². The van der Waals surface area contributed by atoms with Crippen LogP contribution in [0.5, 0.6) is 0 Å². The Morgan fingerprint density at radius 3 is 2.84 bits per heavy atom. The fourth-order valence-electron chi connectivity index (χ4n) is 3.66. The number of aromatic nitrogens is 4. The topological polar surface area (TPSA) is 108 Å². The summed E-state index contributed by atoms with van der Waals surface area (Å²) < 4.78 is 8.75. The lowest BCUT2D eigenvalue weighted by atomic mass is 10.1. The third-order valence-corrected chi connectivity index (χ3v) is 5.64. The van der Waals surface area contributed by atoms with Gasteiger partial charge in [0.15, 0.2) is 6.10 Å². The summed E-state index contributed by atoms with van der Waals surface area (Å²) in [4.78, 5) is 42.2. The Bertz CT molecular complexity index is 1210. The van der Waals surface area contributed by atoms with Crippen molar-refractivity contribution in [3.63, 3.8) is 0 Å². The van der Waals surface area contributed by atoms with Gasteiger partial charge in [-0.3, -0.25) is 14.2 Å². The van der Waals surface area contributed by atoms with Crippen LogP contribution in [0.2, 0.25) is 0 Å². The first-order chi connectivity index (χ1) is 14.9. The summed E-state index contributed by atoms with van der Waals surface area (Å²) in [6.07, 6.45) is 3.08. The maximum atomic E-state index is 12.6. The van der Waals surface area contributed by atoms with Crippen LogP contribution in [0, 0.1) is 0 Å². The molecular weight excluding hydrogens is 398 g/mol. The molecule has 3 aromatic rings. The van der Waals surface area contributed by atoms with Gasteiger partial charge >= 0.3 is 5.97 Å². The smallest absolute Gasteiger partial charge is 0.338 e. The number of anilines is 1. The second kappa shape index (κ2) is 8.33. The molecule has 162 valence electrons. The van der Waals surface area contributed by atoms with Crippen molar-refractivity contribution in [1.29, 1.82) is 0 Å². The van der Waals surface area contributed by atoms with E-state index >= 15 is 0 Å². The van der Waals surface area contributed by atoms with Crippen LogP contribution >= 0.6 is 0 Å². The number of nitrogens with zero attached hydrogens (tertiary/aromatic N) is 4. The molecule has 2 aromatic heterocycles. The van der Waals surface area contributed by atoms with E-state index in [-0.39, 0.29) is 17.2 Å². The van der Waals surface area contributed by atoms with Gasteiger partial charge in [0.05, 0.1) is 28.7 Å². The van der Waals surface area contributed by atoms with Crippen molar-refractivity contribution in [3.8, 4) is 0 Å². The molecule has 9 nitrogen and oxygen atoms in total. The number of fused-ring (bicyclic) bond motifs is 2. The van der Waals surface area contributed by atoms with Crippen LogP contribution in [-0.4, -0.2) is 37.3 Å². The predicted octanol–water partition coefficient (Wildman–Crippen LogP) is 2.69. The van der Waals surface area contributed by atoms with Crippen LogP contribution < -0.4 is 10.9 Å². The van der Waals surface area contributed by atoms with Crippen molar-refractivity contribution < 1.29 is 14.3 Å². The number of aryl methyl sites for hydroxylation is 1. The van der Waals surface area contributed by atoms with Gasteiger partial charge in [-0.1, -0.05) is 6.92 Å². The first-order valence-electron chi connectivity index (χ1n) is 10.5. The number of hydrogen-bond donors (Lipinski definition) is 1. The summed E-state index contributed by atoms with van der Waals surface area (Å²) >= 11 is 0. The summed E-state index contributed by atoms with van der Waals surface area (Å²) in [7, 11) is 0. The molecule has 1 aromatic carbocycles. The molecule has 0 bridgehead atoms. The van der Waals surface area contributed by atoms with E-state index in [0.717, 1.165) is 25.1 Å². The molecule has 0 unspecified atom stereocenters. The Balaban J connectivity index is 1.48. The first kappa shape index (κ1) is 20.8. The average molecular weight is 423 g/mol. The molecule has 1 aliphatic rings. The SMILES string of the molecule is CC[C@@H](C)n1nccc1NC(=O)[C@@H](C)OC(=O)c1ccc2c(=O)n3c(nc2c1)CCC3. The molecule has 4 rings (SSSR count). The second-order valence-electron chi connectivity index (χ2n) is 7.78. The fraction of sp³-hybridized carbons (Fsp3) is 0.409. The van der Waals surface area contributed by atoms with Gasteiger partial charge in [-0.05, 0) is 44.9 Å². The Kier molecular flexibility index (Phi) is 5.58. The Morgan fingerprint density at radius 1 is 1.26 bits per heavy atom. The molecule has 0 fully saturated rings. The van der Waals surface area contributed by atoms with E-state index in [9.17, 15) is 14.4 Å². The van der Waals surface area contributed by atoms with E-state index in [2.05, 4.69) is 15.4 Å². The van der Waals surface area contributed by atoms with Crippen LogP contribution in [0.15, 0.2) is 35.3 Å². The molecule has 3 heterocycles. The van der Waals surface area contributed by atoms with Crippen molar-refractivity contribution in [2.24, 2.45) is 0 Å². The molecule has 0 aliphatic carbocycles. The zero-order chi connectivity index (χ0) is 22.1. The van der Waals surface area contributed by atoms with Gasteiger partial charge in [0, 0.05) is 19.0 Å². The third-order valence-electron chi connectivity index (χ3n) is 5.64. The minimum atomic E-state index is -1.01. The molecule has 0 spiro atoms. The van der Waals surface area contributed by atoms with Gasteiger partial charge in [0.1, 0.15) is 11.6 Å². The zero-order valence-electron chi connectivity index (χ0n) is 17.8. The Morgan fingerprint density at radius 2 is 2.06 bits per heavy atom. The molecule has 31 heavy (non-hydrogen) atoms. The molecule has 0 saturated heterocycles. The zero-order valence-corrected chi connectivity index (χ0v) is 17.8. The monoisotopic (exact) mass is 423 g/mol. The average Bonchev–Trinajstić information content (AvgIpc) is 3.42. The van der Waals surface area contributed by atoms with Crippen molar-refractivity contribution in [2.75, 3.05) is 5.32 Å². The van der Waals surface area contributed by atoms with Gasteiger partial charge in [-0.15, -0.1) is 0 Å². The van der Waals surface area contributed by atoms with Gasteiger partial charge in [0.2, 0.25) is 0 Å². The highest BCUT2D eigenvalue weighted by molar-refractivity contribution is 5.98. The lowest BCUT2D eigenvalue weighted by Crippen LogP contribution is -2.31. The molecule has 2 atom stereocenters. The van der Waals surface area contributed by atoms with Gasteiger partial charge in [-0.2, -0.15) is 5.10 Å². The molecular formula is C22H25N5O4. The Labute approximate surface area is 179 Å². The number of carbonyl (C=O) groups is 2. The van der Waals surface area contributed by atoms with Crippen molar-refractivity contribution >= 4 is 28.6 Å². The predicted molar refractivity (Wildman–Crippen MR) is 115 cm³/mol. The van der Waals surface area contributed by atoms with E-state index in [1.807, 2.05) is 13.8 Å². The molecule has 1 N–H and O–H groups in total. The number of hydrogen-bond acceptors (Lipinski definition) is 6. The maximum Gasteiger partial charge on any atom is 0.338 e. The first-order valence-corrected chi connectivity index (χ1v) is 10.5. The highest BCUT2D eigenvalue weighted by Gasteiger charge is 2.22. The van der Waals surface area contributed by atoms with Gasteiger partial charge in [-0.25, -0.2) is 14.5 Å². The molecule has 1 amide bonds. The summed E-state index contributed by atoms with van der Waals surface area (Å²) in [6, 6.07) is 6.48. The van der Waals surface area contributed by atoms with E-state index in [1.165, 1.54) is 13.0 Å². The number of rotatable bonds is 6. The third kappa shape index (κ3) is 3.95. The molecule has 0 radical (unpaired) electrons. The summed E-state index contributed by atoms with van der Waals surface area (Å²) in [5, 5.41) is 7.45. The van der Waals surface area contributed by atoms with Crippen molar-refractivity contribution in [1.82, 2.24) is 19.3 Å². The number of carbonyl (C=O) groups excluding carboxylic acids is 2. The maximum absolute atomic E-state index is 12.6. The number of ether oxygens (including phenoxy) is 1. The molecule has 9 heteroatoms.